The molecule has 0 radical (unpaired) electrons. The minimum absolute atomic E-state index is 0.167. The van der Waals surface area contributed by atoms with E-state index in [4.69, 9.17) is 0 Å². The van der Waals surface area contributed by atoms with Crippen LogP contribution in [0.4, 0.5) is 0 Å². The summed E-state index contributed by atoms with van der Waals surface area (Å²) >= 11 is 0. The molecule has 2 unspecified atom stereocenters. The quantitative estimate of drug-likeness (QED) is 0.0518. The predicted molar refractivity (Wildman–Crippen MR) is 206 cm³/mol. The topological polar surface area (TPSA) is 69.6 Å². The molecule has 3 N–H and O–H groups in total. The van der Waals surface area contributed by atoms with E-state index in [2.05, 4.69) is 110 Å². The van der Waals surface area contributed by atoms with Crippen molar-refractivity contribution in [1.29, 1.82) is 0 Å². The maximum absolute atomic E-state index is 12.3. The minimum atomic E-state index is -0.907. The van der Waals surface area contributed by atoms with E-state index < -0.39 is 12.1 Å². The summed E-state index contributed by atoms with van der Waals surface area (Å²) in [6.07, 6.45) is 57.5. The van der Waals surface area contributed by atoms with Gasteiger partial charge in [-0.15, -0.1) is 0 Å². The van der Waals surface area contributed by atoms with Gasteiger partial charge in [-0.2, -0.15) is 0 Å². The number of hydrogen-bond acceptors (Lipinski definition) is 3. The zero-order valence-corrected chi connectivity index (χ0v) is 30.0. The van der Waals surface area contributed by atoms with Gasteiger partial charge < -0.3 is 15.5 Å². The number of allylic oxidation sites excluding steroid dienone is 17. The number of nitrogens with one attached hydrogen (secondary N) is 1. The standard InChI is InChI=1S/C43H69NO3/c1-3-5-7-9-11-13-15-17-19-21-22-23-25-27-29-31-33-35-37-39-43(47)44-41(40-45)42(46)38-36-34-32-30-28-26-24-20-18-16-14-12-10-8-6-4-2/h5,7,11,13,17-20,22-23,27-30,33,35-36,38,41-42,45-46H,3-4,6,8-10,12,14-16,21,24-26,31-32,34,37,39-40H2,1-2H3,(H,44,47)/b7-5-,13-11-,19-17-,20-18+,23-22-,29-27-,30-28+,35-33-,38-36+. The van der Waals surface area contributed by atoms with Crippen molar-refractivity contribution in [1.82, 2.24) is 5.32 Å². The fourth-order valence-corrected chi connectivity index (χ4v) is 4.64. The third-order valence-electron chi connectivity index (χ3n) is 7.48. The summed E-state index contributed by atoms with van der Waals surface area (Å²) in [7, 11) is 0. The first-order chi connectivity index (χ1) is 23.2. The second-order valence-electron chi connectivity index (χ2n) is 11.9. The largest absolute Gasteiger partial charge is 0.394 e. The van der Waals surface area contributed by atoms with Gasteiger partial charge in [0.1, 0.15) is 0 Å². The van der Waals surface area contributed by atoms with Gasteiger partial charge in [0.25, 0.3) is 0 Å². The van der Waals surface area contributed by atoms with Crippen molar-refractivity contribution in [3.05, 3.63) is 109 Å². The van der Waals surface area contributed by atoms with Crippen molar-refractivity contribution in [2.45, 2.75) is 148 Å². The molecule has 264 valence electrons. The number of aliphatic hydroxyl groups is 2. The van der Waals surface area contributed by atoms with E-state index in [1.807, 2.05) is 12.2 Å². The van der Waals surface area contributed by atoms with Crippen LogP contribution in [-0.2, 0) is 4.79 Å². The lowest BCUT2D eigenvalue weighted by molar-refractivity contribution is -0.122. The summed E-state index contributed by atoms with van der Waals surface area (Å²) in [4.78, 5) is 12.3. The van der Waals surface area contributed by atoms with Gasteiger partial charge >= 0.3 is 0 Å². The van der Waals surface area contributed by atoms with Gasteiger partial charge in [-0.1, -0.05) is 155 Å². The Morgan fingerprint density at radius 3 is 1.47 bits per heavy atom. The smallest absolute Gasteiger partial charge is 0.220 e. The van der Waals surface area contributed by atoms with Gasteiger partial charge in [-0.05, 0) is 83.5 Å². The second-order valence-corrected chi connectivity index (χ2v) is 11.9. The molecule has 0 aromatic rings. The van der Waals surface area contributed by atoms with Gasteiger partial charge in [0.15, 0.2) is 0 Å². The summed E-state index contributed by atoms with van der Waals surface area (Å²) in [6, 6.07) is -0.692. The number of carbonyl (C=O) groups is 1. The Hall–Kier alpha value is -2.95. The molecule has 0 bridgehead atoms. The molecule has 0 rings (SSSR count). The van der Waals surface area contributed by atoms with Crippen molar-refractivity contribution < 1.29 is 15.0 Å². The van der Waals surface area contributed by atoms with Crippen molar-refractivity contribution in [2.75, 3.05) is 6.61 Å². The number of amides is 1. The Morgan fingerprint density at radius 2 is 0.957 bits per heavy atom. The van der Waals surface area contributed by atoms with E-state index in [-0.39, 0.29) is 12.5 Å². The Kier molecular flexibility index (Phi) is 35.2. The number of aliphatic hydroxyl groups excluding tert-OH is 2. The lowest BCUT2D eigenvalue weighted by atomic mass is 10.1. The molecule has 0 aliphatic heterocycles. The van der Waals surface area contributed by atoms with Gasteiger partial charge in [0.2, 0.25) is 5.91 Å². The third kappa shape index (κ3) is 34.2. The van der Waals surface area contributed by atoms with Gasteiger partial charge in [-0.25, -0.2) is 0 Å². The van der Waals surface area contributed by atoms with E-state index in [0.29, 0.717) is 12.8 Å². The molecule has 4 nitrogen and oxygen atoms in total. The normalized spacial score (nSPS) is 14.4. The first kappa shape index (κ1) is 44.1. The Labute approximate surface area is 289 Å². The highest BCUT2D eigenvalue weighted by Crippen LogP contribution is 2.08. The molecule has 0 aromatic carbocycles. The van der Waals surface area contributed by atoms with Crippen LogP contribution in [0.3, 0.4) is 0 Å². The fraction of sp³-hybridized carbons (Fsp3) is 0.558. The molecule has 0 fully saturated rings. The van der Waals surface area contributed by atoms with Crippen LogP contribution in [-0.4, -0.2) is 34.9 Å². The summed E-state index contributed by atoms with van der Waals surface area (Å²) in [5.41, 5.74) is 0. The average molecular weight is 648 g/mol. The molecular weight excluding hydrogens is 578 g/mol. The van der Waals surface area contributed by atoms with Crippen LogP contribution < -0.4 is 5.32 Å². The maximum atomic E-state index is 12.3. The molecule has 47 heavy (non-hydrogen) atoms. The van der Waals surface area contributed by atoms with Crippen LogP contribution in [0.5, 0.6) is 0 Å². The molecule has 4 heteroatoms. The predicted octanol–water partition coefficient (Wildman–Crippen LogP) is 11.3. The molecule has 0 heterocycles. The highest BCUT2D eigenvalue weighted by atomic mass is 16.3. The molecule has 0 saturated heterocycles. The molecule has 2 atom stereocenters. The number of hydrogen-bond donors (Lipinski definition) is 3. The van der Waals surface area contributed by atoms with Crippen molar-refractivity contribution in [2.24, 2.45) is 0 Å². The zero-order chi connectivity index (χ0) is 34.3. The minimum Gasteiger partial charge on any atom is -0.394 e. The fourth-order valence-electron chi connectivity index (χ4n) is 4.64. The first-order valence-corrected chi connectivity index (χ1v) is 18.6. The van der Waals surface area contributed by atoms with Crippen LogP contribution in [0.1, 0.15) is 136 Å². The molecular formula is C43H69NO3. The number of unbranched alkanes of at least 4 members (excludes halogenated alkanes) is 8. The summed E-state index contributed by atoms with van der Waals surface area (Å²) in [6.45, 7) is 4.10. The monoisotopic (exact) mass is 648 g/mol. The maximum Gasteiger partial charge on any atom is 0.220 e. The zero-order valence-electron chi connectivity index (χ0n) is 30.0. The SMILES string of the molecule is CC/C=C\C/C=C\C/C=C\C/C=C\C/C=C\C/C=C\CCC(=O)NC(CO)C(O)/C=C/CC/C=C/CC/C=C/CCCCCCCC. The molecule has 0 aliphatic rings. The summed E-state index contributed by atoms with van der Waals surface area (Å²) in [5, 5.41) is 22.8. The third-order valence-corrected chi connectivity index (χ3v) is 7.48. The molecule has 0 spiro atoms. The Morgan fingerprint density at radius 1 is 0.532 bits per heavy atom. The van der Waals surface area contributed by atoms with E-state index >= 15 is 0 Å². The Balaban J connectivity index is 3.90. The van der Waals surface area contributed by atoms with Gasteiger partial charge in [-0.3, -0.25) is 4.79 Å². The molecule has 0 aliphatic carbocycles. The van der Waals surface area contributed by atoms with Crippen LogP contribution in [0.2, 0.25) is 0 Å². The van der Waals surface area contributed by atoms with Crippen LogP contribution in [0.15, 0.2) is 109 Å². The van der Waals surface area contributed by atoms with Crippen LogP contribution >= 0.6 is 0 Å². The molecule has 0 saturated carbocycles. The van der Waals surface area contributed by atoms with E-state index in [1.54, 1.807) is 6.08 Å². The van der Waals surface area contributed by atoms with Gasteiger partial charge in [0.05, 0.1) is 18.8 Å². The number of rotatable bonds is 31. The Bertz CT molecular complexity index is 964. The number of carbonyl (C=O) groups excluding carboxylic acids is 1. The lowest BCUT2D eigenvalue weighted by Crippen LogP contribution is -2.45. The van der Waals surface area contributed by atoms with Crippen molar-refractivity contribution in [3.8, 4) is 0 Å². The molecule has 0 aromatic heterocycles. The van der Waals surface area contributed by atoms with E-state index in [1.165, 1.54) is 44.9 Å². The lowest BCUT2D eigenvalue weighted by Gasteiger charge is -2.19. The second kappa shape index (κ2) is 37.5. The van der Waals surface area contributed by atoms with Gasteiger partial charge in [0, 0.05) is 6.42 Å². The first-order valence-electron chi connectivity index (χ1n) is 18.6. The highest BCUT2D eigenvalue weighted by molar-refractivity contribution is 5.76. The van der Waals surface area contributed by atoms with E-state index in [9.17, 15) is 15.0 Å². The van der Waals surface area contributed by atoms with Crippen molar-refractivity contribution >= 4 is 5.91 Å². The molecule has 1 amide bonds. The summed E-state index contributed by atoms with van der Waals surface area (Å²) < 4.78 is 0. The van der Waals surface area contributed by atoms with E-state index in [0.717, 1.165) is 64.2 Å². The highest BCUT2D eigenvalue weighted by Gasteiger charge is 2.17. The van der Waals surface area contributed by atoms with Crippen molar-refractivity contribution in [3.63, 3.8) is 0 Å². The average Bonchev–Trinajstić information content (AvgIpc) is 3.07. The van der Waals surface area contributed by atoms with Crippen LogP contribution in [0, 0.1) is 0 Å². The summed E-state index contributed by atoms with van der Waals surface area (Å²) in [5.74, 6) is -0.167. The van der Waals surface area contributed by atoms with Crippen LogP contribution in [0.25, 0.3) is 0 Å².